The molecule has 2 aromatic rings. The molecule has 0 bridgehead atoms. The first-order valence-electron chi connectivity index (χ1n) is 7.62. The number of nitrogens with one attached hydrogen (secondary N) is 1. The van der Waals surface area contributed by atoms with Crippen LogP contribution in [0.1, 0.15) is 12.5 Å². The highest BCUT2D eigenvalue weighted by Gasteiger charge is 2.15. The predicted molar refractivity (Wildman–Crippen MR) is 94.9 cm³/mol. The number of amides is 1. The molecule has 0 aliphatic carbocycles. The third kappa shape index (κ3) is 4.79. The molecule has 0 heterocycles. The van der Waals surface area contributed by atoms with Gasteiger partial charge in [0, 0.05) is 11.8 Å². The lowest BCUT2D eigenvalue weighted by molar-refractivity contribution is -0.387. The number of benzene rings is 2. The van der Waals surface area contributed by atoms with Crippen LogP contribution in [0.3, 0.4) is 0 Å². The number of carbonyl (C=O) groups is 1. The molecule has 0 saturated carbocycles. The molecule has 0 saturated heterocycles. The molecule has 136 valence electrons. The van der Waals surface area contributed by atoms with Crippen LogP contribution in [0.5, 0.6) is 11.5 Å². The van der Waals surface area contributed by atoms with Gasteiger partial charge in [-0.25, -0.2) is 0 Å². The molecule has 0 fully saturated rings. The standard InChI is InChI=1S/C18H17FN2O5/c1-3-4-12-5-8-16(17(9-12)25-2)26-11-18(22)20-13-6-7-14(19)15(10-13)21(23)24/h3-10H,11H2,1-2H3,(H,20,22)/b4-3+. The van der Waals surface area contributed by atoms with E-state index in [2.05, 4.69) is 5.32 Å². The number of nitro benzene ring substituents is 1. The van der Waals surface area contributed by atoms with Gasteiger partial charge in [0.05, 0.1) is 12.0 Å². The molecule has 7 nitrogen and oxygen atoms in total. The first kappa shape index (κ1) is 18.9. The van der Waals surface area contributed by atoms with Gasteiger partial charge in [0.25, 0.3) is 5.91 Å². The van der Waals surface area contributed by atoms with Crippen LogP contribution in [-0.4, -0.2) is 24.5 Å². The van der Waals surface area contributed by atoms with E-state index in [9.17, 15) is 19.3 Å². The van der Waals surface area contributed by atoms with Gasteiger partial charge < -0.3 is 14.8 Å². The second kappa shape index (κ2) is 8.61. The van der Waals surface area contributed by atoms with Crippen molar-refractivity contribution in [2.24, 2.45) is 0 Å². The van der Waals surface area contributed by atoms with Crippen molar-refractivity contribution in [1.82, 2.24) is 0 Å². The quantitative estimate of drug-likeness (QED) is 0.599. The summed E-state index contributed by atoms with van der Waals surface area (Å²) in [6.45, 7) is 1.55. The number of anilines is 1. The Bertz CT molecular complexity index is 851. The molecule has 2 rings (SSSR count). The van der Waals surface area contributed by atoms with Gasteiger partial charge in [-0.05, 0) is 36.8 Å². The molecule has 8 heteroatoms. The summed E-state index contributed by atoms with van der Waals surface area (Å²) < 4.78 is 24.0. The highest BCUT2D eigenvalue weighted by atomic mass is 19.1. The van der Waals surface area contributed by atoms with Crippen molar-refractivity contribution >= 4 is 23.4 Å². The summed E-state index contributed by atoms with van der Waals surface area (Å²) in [5.74, 6) is -0.687. The molecule has 2 aromatic carbocycles. The van der Waals surface area contributed by atoms with Crippen molar-refractivity contribution in [2.75, 3.05) is 19.0 Å². The van der Waals surface area contributed by atoms with Crippen molar-refractivity contribution in [1.29, 1.82) is 0 Å². The molecule has 0 unspecified atom stereocenters. The van der Waals surface area contributed by atoms with Crippen LogP contribution < -0.4 is 14.8 Å². The molecular formula is C18H17FN2O5. The van der Waals surface area contributed by atoms with Crippen molar-refractivity contribution < 1.29 is 23.6 Å². The zero-order valence-corrected chi connectivity index (χ0v) is 14.2. The molecule has 1 amide bonds. The summed E-state index contributed by atoms with van der Waals surface area (Å²) in [7, 11) is 1.49. The lowest BCUT2D eigenvalue weighted by Gasteiger charge is -2.11. The van der Waals surface area contributed by atoms with Crippen molar-refractivity contribution in [2.45, 2.75) is 6.92 Å². The molecule has 1 N–H and O–H groups in total. The lowest BCUT2D eigenvalue weighted by Crippen LogP contribution is -2.20. The Balaban J connectivity index is 2.03. The van der Waals surface area contributed by atoms with Gasteiger partial charge in [0.1, 0.15) is 0 Å². The fourth-order valence-corrected chi connectivity index (χ4v) is 2.17. The highest BCUT2D eigenvalue weighted by molar-refractivity contribution is 5.92. The van der Waals surface area contributed by atoms with Crippen LogP contribution in [0.4, 0.5) is 15.8 Å². The first-order valence-corrected chi connectivity index (χ1v) is 7.62. The van der Waals surface area contributed by atoms with Crippen LogP contribution in [0.2, 0.25) is 0 Å². The van der Waals surface area contributed by atoms with E-state index in [-0.39, 0.29) is 12.3 Å². The van der Waals surface area contributed by atoms with E-state index < -0.39 is 22.3 Å². The topological polar surface area (TPSA) is 90.7 Å². The number of halogens is 1. The Morgan fingerprint density at radius 3 is 2.69 bits per heavy atom. The number of nitrogens with zero attached hydrogens (tertiary/aromatic N) is 1. The summed E-state index contributed by atoms with van der Waals surface area (Å²) in [6.07, 6.45) is 3.77. The zero-order chi connectivity index (χ0) is 19.1. The third-order valence-electron chi connectivity index (χ3n) is 3.33. The minimum absolute atomic E-state index is 0.0992. The number of carbonyl (C=O) groups excluding carboxylic acids is 1. The van der Waals surface area contributed by atoms with Gasteiger partial charge in [0.2, 0.25) is 5.82 Å². The number of hydrogen-bond acceptors (Lipinski definition) is 5. The molecule has 0 aliphatic heterocycles. The molecule has 26 heavy (non-hydrogen) atoms. The van der Waals surface area contributed by atoms with E-state index in [0.717, 1.165) is 17.7 Å². The van der Waals surface area contributed by atoms with E-state index in [0.29, 0.717) is 11.5 Å². The first-order chi connectivity index (χ1) is 12.4. The molecule has 0 radical (unpaired) electrons. The summed E-state index contributed by atoms with van der Waals surface area (Å²) in [5, 5.41) is 13.1. The van der Waals surface area contributed by atoms with Gasteiger partial charge >= 0.3 is 5.69 Å². The van der Waals surface area contributed by atoms with Crippen molar-refractivity contribution in [3.63, 3.8) is 0 Å². The Morgan fingerprint density at radius 1 is 1.27 bits per heavy atom. The Labute approximate surface area is 149 Å². The maximum atomic E-state index is 13.3. The maximum absolute atomic E-state index is 13.3. The molecular weight excluding hydrogens is 343 g/mol. The number of hydrogen-bond donors (Lipinski definition) is 1. The summed E-state index contributed by atoms with van der Waals surface area (Å²) >= 11 is 0. The van der Waals surface area contributed by atoms with E-state index >= 15 is 0 Å². The van der Waals surface area contributed by atoms with E-state index in [1.54, 1.807) is 18.2 Å². The number of nitro groups is 1. The van der Waals surface area contributed by atoms with Gasteiger partial charge in [-0.3, -0.25) is 14.9 Å². The fourth-order valence-electron chi connectivity index (χ4n) is 2.17. The number of rotatable bonds is 7. The fraction of sp³-hybridized carbons (Fsp3) is 0.167. The smallest absolute Gasteiger partial charge is 0.306 e. The Kier molecular flexibility index (Phi) is 6.26. The Morgan fingerprint density at radius 2 is 2.04 bits per heavy atom. The lowest BCUT2D eigenvalue weighted by atomic mass is 10.2. The van der Waals surface area contributed by atoms with E-state index in [1.165, 1.54) is 13.2 Å². The van der Waals surface area contributed by atoms with Gasteiger partial charge in [-0.1, -0.05) is 18.2 Å². The van der Waals surface area contributed by atoms with Gasteiger partial charge in [0.15, 0.2) is 18.1 Å². The largest absolute Gasteiger partial charge is 0.493 e. The molecule has 0 aliphatic rings. The van der Waals surface area contributed by atoms with Crippen LogP contribution in [-0.2, 0) is 4.79 Å². The van der Waals surface area contributed by atoms with Gasteiger partial charge in [-0.2, -0.15) is 4.39 Å². The van der Waals surface area contributed by atoms with Crippen LogP contribution in [0.15, 0.2) is 42.5 Å². The van der Waals surface area contributed by atoms with Crippen LogP contribution in [0.25, 0.3) is 6.08 Å². The summed E-state index contributed by atoms with van der Waals surface area (Å²) in [4.78, 5) is 21.8. The van der Waals surface area contributed by atoms with Crippen LogP contribution >= 0.6 is 0 Å². The molecule has 0 atom stereocenters. The number of allylic oxidation sites excluding steroid dienone is 1. The average Bonchev–Trinajstić information content (AvgIpc) is 2.62. The second-order valence-corrected chi connectivity index (χ2v) is 5.17. The summed E-state index contributed by atoms with van der Waals surface area (Å²) in [5.41, 5.74) is 0.298. The minimum atomic E-state index is -0.977. The number of methoxy groups -OCH3 is 1. The third-order valence-corrected chi connectivity index (χ3v) is 3.33. The SMILES string of the molecule is C/C=C/c1ccc(OCC(=O)Nc2ccc(F)c([N+](=O)[O-])c2)c(OC)c1. The summed E-state index contributed by atoms with van der Waals surface area (Å²) in [6, 6.07) is 8.32. The Hall–Kier alpha value is -3.42. The number of ether oxygens (including phenoxy) is 2. The minimum Gasteiger partial charge on any atom is -0.493 e. The predicted octanol–water partition coefficient (Wildman–Crippen LogP) is 3.79. The normalized spacial score (nSPS) is 10.6. The van der Waals surface area contributed by atoms with Gasteiger partial charge in [-0.15, -0.1) is 0 Å². The van der Waals surface area contributed by atoms with Crippen molar-refractivity contribution in [3.8, 4) is 11.5 Å². The second-order valence-electron chi connectivity index (χ2n) is 5.17. The molecule has 0 aromatic heterocycles. The highest BCUT2D eigenvalue weighted by Crippen LogP contribution is 2.28. The molecule has 0 spiro atoms. The van der Waals surface area contributed by atoms with E-state index in [4.69, 9.17) is 9.47 Å². The monoisotopic (exact) mass is 360 g/mol. The van der Waals surface area contributed by atoms with E-state index in [1.807, 2.05) is 19.1 Å². The van der Waals surface area contributed by atoms with Crippen molar-refractivity contribution in [3.05, 3.63) is 64.0 Å². The average molecular weight is 360 g/mol. The maximum Gasteiger partial charge on any atom is 0.306 e. The zero-order valence-electron chi connectivity index (χ0n) is 14.2. The van der Waals surface area contributed by atoms with Crippen LogP contribution in [0, 0.1) is 15.9 Å².